The summed E-state index contributed by atoms with van der Waals surface area (Å²) in [4.78, 5) is 20.8. The lowest BCUT2D eigenvalue weighted by Crippen LogP contribution is -2.49. The molecule has 38 heavy (non-hydrogen) atoms. The minimum Gasteiger partial charge on any atom is -0.481 e. The second-order valence-corrected chi connectivity index (χ2v) is 11.2. The molecule has 2 aliphatic rings. The van der Waals surface area contributed by atoms with Gasteiger partial charge in [0, 0.05) is 59.5 Å². The molecule has 9 nitrogen and oxygen atoms in total. The van der Waals surface area contributed by atoms with E-state index < -0.39 is 18.2 Å². The summed E-state index contributed by atoms with van der Waals surface area (Å²) < 4.78 is 1.91. The van der Waals surface area contributed by atoms with Gasteiger partial charge in [-0.25, -0.2) is 0 Å². The molecule has 12 heteroatoms. The lowest BCUT2D eigenvalue weighted by Gasteiger charge is -2.35. The Kier molecular flexibility index (Phi) is 8.37. The molecule has 3 aromatic rings. The van der Waals surface area contributed by atoms with Crippen molar-refractivity contribution in [1.29, 1.82) is 0 Å². The van der Waals surface area contributed by atoms with E-state index in [2.05, 4.69) is 27.0 Å². The first-order chi connectivity index (χ1) is 18.3. The van der Waals surface area contributed by atoms with E-state index in [-0.39, 0.29) is 12.8 Å². The third-order valence-corrected chi connectivity index (χ3v) is 8.33. The Morgan fingerprint density at radius 3 is 2.61 bits per heavy atom. The van der Waals surface area contributed by atoms with E-state index in [1.807, 2.05) is 34.9 Å². The van der Waals surface area contributed by atoms with Gasteiger partial charge in [-0.15, -0.1) is 10.2 Å². The number of carboxylic acids is 1. The van der Waals surface area contributed by atoms with Crippen molar-refractivity contribution in [1.82, 2.24) is 24.6 Å². The normalized spacial score (nSPS) is 18.8. The highest BCUT2D eigenvalue weighted by molar-refractivity contribution is 7.99. The lowest BCUT2D eigenvalue weighted by atomic mass is 10.00. The maximum absolute atomic E-state index is 11.5. The van der Waals surface area contributed by atoms with Crippen LogP contribution < -0.4 is 0 Å². The molecule has 2 aliphatic heterocycles. The minimum atomic E-state index is -0.916. The molecule has 1 fully saturated rings. The van der Waals surface area contributed by atoms with Gasteiger partial charge in [0.25, 0.3) is 0 Å². The van der Waals surface area contributed by atoms with E-state index in [0.29, 0.717) is 32.5 Å². The molecule has 1 aromatic heterocycles. The van der Waals surface area contributed by atoms with Crippen molar-refractivity contribution < 1.29 is 15.0 Å². The molecule has 0 amide bonds. The number of carboxylic acid groups (broad SMARTS) is 1. The van der Waals surface area contributed by atoms with E-state index in [1.165, 1.54) is 11.8 Å². The van der Waals surface area contributed by atoms with Crippen LogP contribution in [0.1, 0.15) is 35.8 Å². The van der Waals surface area contributed by atoms with E-state index in [9.17, 15) is 15.0 Å². The summed E-state index contributed by atoms with van der Waals surface area (Å²) in [6, 6.07) is 12.3. The summed E-state index contributed by atoms with van der Waals surface area (Å²) in [5, 5.41) is 30.9. The summed E-state index contributed by atoms with van der Waals surface area (Å²) >= 11 is 14.4. The number of piperazine rings is 1. The third kappa shape index (κ3) is 5.75. The second kappa shape index (κ2) is 11.7. The molecule has 0 radical (unpaired) electrons. The van der Waals surface area contributed by atoms with Gasteiger partial charge in [0.2, 0.25) is 0 Å². The number of fused-ring (bicyclic) bond motifs is 3. The largest absolute Gasteiger partial charge is 0.481 e. The van der Waals surface area contributed by atoms with Crippen molar-refractivity contribution in [3.8, 4) is 5.69 Å². The number of aliphatic carboxylic acids is 1. The number of hydrogen-bond acceptors (Lipinski definition) is 8. The molecule has 0 saturated carbocycles. The first kappa shape index (κ1) is 27.1. The Morgan fingerprint density at radius 1 is 1.11 bits per heavy atom. The number of aliphatic hydroxyl groups excluding tert-OH is 1. The average molecular weight is 576 g/mol. The number of rotatable bonds is 8. The number of halogens is 2. The molecular weight excluding hydrogens is 547 g/mol. The fourth-order valence-corrected chi connectivity index (χ4v) is 6.02. The number of carbonyl (C=O) groups is 1. The monoisotopic (exact) mass is 574 g/mol. The first-order valence-electron chi connectivity index (χ1n) is 12.4. The van der Waals surface area contributed by atoms with Crippen molar-refractivity contribution >= 4 is 46.6 Å². The number of hydrogen-bond donors (Lipinski definition) is 2. The highest BCUT2D eigenvalue weighted by Crippen LogP contribution is 2.37. The summed E-state index contributed by atoms with van der Waals surface area (Å²) in [7, 11) is 2.08. The fourth-order valence-electron chi connectivity index (χ4n) is 4.69. The Hall–Kier alpha value is -2.47. The number of aromatic nitrogens is 3. The van der Waals surface area contributed by atoms with Gasteiger partial charge >= 0.3 is 5.97 Å². The molecule has 200 valence electrons. The van der Waals surface area contributed by atoms with Crippen LogP contribution in [0.2, 0.25) is 10.0 Å². The van der Waals surface area contributed by atoms with Crippen molar-refractivity contribution in [3.63, 3.8) is 0 Å². The SMILES string of the molecule is CN1CCN([C@@H](O)CSc2nnc3n2-c2ccc(Cl)cc2C(c2ccccc2Cl)=N[C@H]3CCC(=O)O)CC1. The van der Waals surface area contributed by atoms with Crippen LogP contribution in [0, 0.1) is 0 Å². The molecule has 2 aromatic carbocycles. The molecule has 5 rings (SSSR count). The summed E-state index contributed by atoms with van der Waals surface area (Å²) in [5.41, 5.74) is 2.84. The van der Waals surface area contributed by atoms with Gasteiger partial charge in [-0.2, -0.15) is 0 Å². The average Bonchev–Trinajstić information content (AvgIpc) is 3.26. The molecule has 2 N–H and O–H groups in total. The maximum atomic E-state index is 11.5. The Balaban J connectivity index is 1.55. The number of nitrogens with zero attached hydrogens (tertiary/aromatic N) is 6. The number of thioether (sulfide) groups is 1. The van der Waals surface area contributed by atoms with E-state index in [0.717, 1.165) is 43.0 Å². The van der Waals surface area contributed by atoms with Gasteiger partial charge in [-0.05, 0) is 37.7 Å². The van der Waals surface area contributed by atoms with Crippen LogP contribution in [0.25, 0.3) is 5.69 Å². The Morgan fingerprint density at radius 2 is 1.87 bits per heavy atom. The van der Waals surface area contributed by atoms with Gasteiger partial charge in [0.05, 0.1) is 11.4 Å². The van der Waals surface area contributed by atoms with Gasteiger partial charge in [0.1, 0.15) is 12.3 Å². The number of aliphatic imine (C=N–C) groups is 1. The van der Waals surface area contributed by atoms with Crippen LogP contribution in [-0.4, -0.2) is 91.7 Å². The zero-order valence-corrected chi connectivity index (χ0v) is 23.1. The summed E-state index contributed by atoms with van der Waals surface area (Å²) in [6.07, 6.45) is -0.481. The van der Waals surface area contributed by atoms with Crippen LogP contribution >= 0.6 is 35.0 Å². The van der Waals surface area contributed by atoms with Crippen molar-refractivity contribution in [2.24, 2.45) is 4.99 Å². The van der Waals surface area contributed by atoms with Crippen LogP contribution in [0.4, 0.5) is 0 Å². The summed E-state index contributed by atoms with van der Waals surface area (Å²) in [5.74, 6) is 0.0247. The topological polar surface area (TPSA) is 107 Å². The van der Waals surface area contributed by atoms with Crippen LogP contribution in [0.15, 0.2) is 52.6 Å². The molecule has 0 aliphatic carbocycles. The second-order valence-electron chi connectivity index (χ2n) is 9.37. The smallest absolute Gasteiger partial charge is 0.303 e. The first-order valence-corrected chi connectivity index (χ1v) is 14.1. The highest BCUT2D eigenvalue weighted by atomic mass is 35.5. The molecule has 0 bridgehead atoms. The molecule has 0 spiro atoms. The minimum absolute atomic E-state index is 0.0848. The zero-order chi connectivity index (χ0) is 26.8. The zero-order valence-electron chi connectivity index (χ0n) is 20.8. The van der Waals surface area contributed by atoms with Crippen molar-refractivity contribution in [2.75, 3.05) is 39.0 Å². The lowest BCUT2D eigenvalue weighted by molar-refractivity contribution is -0.137. The Bertz CT molecular complexity index is 1360. The quantitative estimate of drug-likeness (QED) is 0.389. The van der Waals surface area contributed by atoms with Crippen LogP contribution in [0.3, 0.4) is 0 Å². The number of likely N-dealkylation sites (N-methyl/N-ethyl adjacent to an activating group) is 1. The van der Waals surface area contributed by atoms with E-state index >= 15 is 0 Å². The van der Waals surface area contributed by atoms with Crippen molar-refractivity contribution in [3.05, 3.63) is 69.5 Å². The van der Waals surface area contributed by atoms with Crippen molar-refractivity contribution in [2.45, 2.75) is 30.3 Å². The van der Waals surface area contributed by atoms with Gasteiger partial charge < -0.3 is 15.1 Å². The van der Waals surface area contributed by atoms with Gasteiger partial charge in [-0.1, -0.05) is 53.2 Å². The number of benzene rings is 2. The van der Waals surface area contributed by atoms with Gasteiger partial charge in [0.15, 0.2) is 11.0 Å². The van der Waals surface area contributed by atoms with Gasteiger partial charge in [-0.3, -0.25) is 19.3 Å². The highest BCUT2D eigenvalue weighted by Gasteiger charge is 2.31. The summed E-state index contributed by atoms with van der Waals surface area (Å²) in [6.45, 7) is 3.40. The number of aliphatic hydroxyl groups is 1. The fraction of sp³-hybridized carbons (Fsp3) is 0.385. The molecule has 0 unspecified atom stereocenters. The standard InChI is InChI=1S/C26H28Cl2N6O3S/c1-32-10-12-33(13-11-32)22(35)15-38-26-31-30-25-20(7-9-23(36)37)29-24(17-4-2-3-5-19(17)28)18-14-16(27)6-8-21(18)34(25)26/h2-6,8,14,20,22,35H,7,9-13,15H2,1H3,(H,36,37)/t20-,22-/m0/s1. The van der Waals surface area contributed by atoms with Crippen LogP contribution in [-0.2, 0) is 4.79 Å². The molecule has 1 saturated heterocycles. The van der Waals surface area contributed by atoms with E-state index in [1.54, 1.807) is 12.1 Å². The third-order valence-electron chi connectivity index (χ3n) is 6.78. The predicted molar refractivity (Wildman–Crippen MR) is 149 cm³/mol. The molecule has 2 atom stereocenters. The predicted octanol–water partition coefficient (Wildman–Crippen LogP) is 3.99. The Labute approximate surface area is 235 Å². The molecular formula is C26H28Cl2N6O3S. The van der Waals surface area contributed by atoms with Crippen LogP contribution in [0.5, 0.6) is 0 Å². The molecule has 3 heterocycles. The van der Waals surface area contributed by atoms with E-state index in [4.69, 9.17) is 28.2 Å². The maximum Gasteiger partial charge on any atom is 0.303 e.